The molecule has 1 aromatic heterocycles. The number of nitriles is 1. The fourth-order valence-electron chi connectivity index (χ4n) is 3.17. The molecule has 1 saturated heterocycles. The number of halogens is 2. The van der Waals surface area contributed by atoms with Crippen LogP contribution in [0.1, 0.15) is 17.2 Å². The largest absolute Gasteiger partial charge is 0.370 e. The predicted molar refractivity (Wildman–Crippen MR) is 98.8 cm³/mol. The minimum atomic E-state index is -0.362. The van der Waals surface area contributed by atoms with Gasteiger partial charge >= 0.3 is 0 Å². The van der Waals surface area contributed by atoms with Gasteiger partial charge in [-0.25, -0.2) is 9.37 Å². The molecule has 1 atom stereocenters. The molecule has 3 aromatic rings. The summed E-state index contributed by atoms with van der Waals surface area (Å²) in [5.41, 5.74) is 2.23. The molecule has 1 aliphatic heterocycles. The first-order valence-electron chi connectivity index (χ1n) is 8.26. The number of rotatable bonds is 2. The molecule has 0 radical (unpaired) electrons. The molecule has 1 aliphatic rings. The van der Waals surface area contributed by atoms with E-state index < -0.39 is 0 Å². The van der Waals surface area contributed by atoms with Crippen LogP contribution >= 0.6 is 11.6 Å². The molecule has 0 bridgehead atoms. The van der Waals surface area contributed by atoms with E-state index in [-0.39, 0.29) is 11.9 Å². The zero-order chi connectivity index (χ0) is 18.1. The smallest absolute Gasteiger partial charge is 0.129 e. The van der Waals surface area contributed by atoms with E-state index in [1.54, 1.807) is 12.1 Å². The van der Waals surface area contributed by atoms with Crippen LogP contribution in [0.5, 0.6) is 0 Å². The lowest BCUT2D eigenvalue weighted by Crippen LogP contribution is -2.38. The summed E-state index contributed by atoms with van der Waals surface area (Å²) in [6, 6.07) is 15.9. The zero-order valence-electron chi connectivity index (χ0n) is 13.8. The molecule has 4 nitrogen and oxygen atoms in total. The van der Waals surface area contributed by atoms with Crippen molar-refractivity contribution in [3.8, 4) is 6.07 Å². The average molecular weight is 368 g/mol. The number of anilines is 1. The second-order valence-corrected chi connectivity index (χ2v) is 6.57. The monoisotopic (exact) mass is 367 g/mol. The number of aromatic nitrogens is 1. The number of nitrogens with zero attached hydrogens (tertiary/aromatic N) is 3. The van der Waals surface area contributed by atoms with E-state index in [1.807, 2.05) is 24.3 Å². The Labute approximate surface area is 155 Å². The van der Waals surface area contributed by atoms with Gasteiger partial charge in [0.2, 0.25) is 0 Å². The van der Waals surface area contributed by atoms with Gasteiger partial charge in [-0.1, -0.05) is 17.7 Å². The summed E-state index contributed by atoms with van der Waals surface area (Å²) in [6.07, 6.45) is -0.240. The first kappa shape index (κ1) is 16.8. The molecular formula is C20H15ClFN3O. The summed E-state index contributed by atoms with van der Waals surface area (Å²) in [6.45, 7) is 1.83. The third-order valence-corrected chi connectivity index (χ3v) is 4.83. The van der Waals surface area contributed by atoms with Crippen LogP contribution in [-0.4, -0.2) is 24.7 Å². The number of pyridine rings is 1. The molecule has 4 rings (SSSR count). The Balaban J connectivity index is 1.61. The molecular weight excluding hydrogens is 353 g/mol. The maximum Gasteiger partial charge on any atom is 0.129 e. The van der Waals surface area contributed by atoms with Crippen LogP contribution < -0.4 is 4.90 Å². The Bertz CT molecular complexity index is 1020. The summed E-state index contributed by atoms with van der Waals surface area (Å²) in [7, 11) is 0. The predicted octanol–water partition coefficient (Wildman–Crippen LogP) is 4.48. The molecule has 0 amide bonds. The highest BCUT2D eigenvalue weighted by Crippen LogP contribution is 2.31. The normalized spacial score (nSPS) is 17.3. The molecule has 0 spiro atoms. The van der Waals surface area contributed by atoms with Gasteiger partial charge in [0, 0.05) is 29.1 Å². The van der Waals surface area contributed by atoms with Crippen molar-refractivity contribution >= 4 is 28.3 Å². The third kappa shape index (κ3) is 3.22. The quantitative estimate of drug-likeness (QED) is 0.670. The summed E-state index contributed by atoms with van der Waals surface area (Å²) in [5, 5.41) is 10.3. The molecule has 1 fully saturated rings. The van der Waals surface area contributed by atoms with Gasteiger partial charge in [0.05, 0.1) is 23.8 Å². The number of ether oxygens (including phenoxy) is 1. The van der Waals surface area contributed by atoms with Gasteiger partial charge in [0.15, 0.2) is 0 Å². The van der Waals surface area contributed by atoms with Crippen molar-refractivity contribution in [1.29, 1.82) is 5.26 Å². The topological polar surface area (TPSA) is 49.2 Å². The van der Waals surface area contributed by atoms with E-state index in [2.05, 4.69) is 11.0 Å². The molecule has 0 saturated carbocycles. The molecule has 130 valence electrons. The highest BCUT2D eigenvalue weighted by molar-refractivity contribution is 6.31. The Kier molecular flexibility index (Phi) is 4.46. The van der Waals surface area contributed by atoms with Crippen molar-refractivity contribution in [3.63, 3.8) is 0 Å². The van der Waals surface area contributed by atoms with Gasteiger partial charge in [-0.05, 0) is 42.5 Å². The molecule has 26 heavy (non-hydrogen) atoms. The fourth-order valence-corrected chi connectivity index (χ4v) is 3.46. The van der Waals surface area contributed by atoms with Crippen molar-refractivity contribution in [2.24, 2.45) is 0 Å². The Hall–Kier alpha value is -2.68. The lowest BCUT2D eigenvalue weighted by molar-refractivity contribution is 0.0396. The molecule has 2 aromatic carbocycles. The van der Waals surface area contributed by atoms with Crippen LogP contribution in [0.3, 0.4) is 0 Å². The zero-order valence-corrected chi connectivity index (χ0v) is 14.6. The van der Waals surface area contributed by atoms with Crippen LogP contribution in [0.15, 0.2) is 48.5 Å². The van der Waals surface area contributed by atoms with E-state index >= 15 is 0 Å². The summed E-state index contributed by atoms with van der Waals surface area (Å²) >= 11 is 6.18. The minimum Gasteiger partial charge on any atom is -0.370 e. The Morgan fingerprint density at radius 2 is 2.08 bits per heavy atom. The summed E-state index contributed by atoms with van der Waals surface area (Å²) in [5.74, 6) is 0.480. The number of hydrogen-bond acceptors (Lipinski definition) is 4. The van der Waals surface area contributed by atoms with Crippen molar-refractivity contribution in [2.45, 2.75) is 6.10 Å². The van der Waals surface area contributed by atoms with E-state index in [0.29, 0.717) is 30.3 Å². The number of fused-ring (bicyclic) bond motifs is 1. The van der Waals surface area contributed by atoms with Gasteiger partial charge in [-0.2, -0.15) is 5.26 Å². The lowest BCUT2D eigenvalue weighted by Gasteiger charge is -2.34. The Morgan fingerprint density at radius 3 is 2.88 bits per heavy atom. The van der Waals surface area contributed by atoms with Crippen molar-refractivity contribution < 1.29 is 9.13 Å². The highest BCUT2D eigenvalue weighted by Gasteiger charge is 2.25. The van der Waals surface area contributed by atoms with E-state index in [0.717, 1.165) is 22.3 Å². The van der Waals surface area contributed by atoms with Gasteiger partial charge < -0.3 is 9.64 Å². The van der Waals surface area contributed by atoms with E-state index in [4.69, 9.17) is 26.6 Å². The maximum atomic E-state index is 13.3. The first-order valence-corrected chi connectivity index (χ1v) is 8.64. The number of hydrogen-bond donors (Lipinski definition) is 0. The molecule has 6 heteroatoms. The lowest BCUT2D eigenvalue weighted by atomic mass is 10.1. The summed E-state index contributed by atoms with van der Waals surface area (Å²) < 4.78 is 19.1. The fraction of sp³-hybridized carbons (Fsp3) is 0.200. The van der Waals surface area contributed by atoms with Crippen LogP contribution in [0.2, 0.25) is 5.02 Å². The highest BCUT2D eigenvalue weighted by atomic mass is 35.5. The maximum absolute atomic E-state index is 13.3. The van der Waals surface area contributed by atoms with Gasteiger partial charge in [0.25, 0.3) is 0 Å². The van der Waals surface area contributed by atoms with Crippen LogP contribution in [-0.2, 0) is 4.74 Å². The van der Waals surface area contributed by atoms with E-state index in [1.165, 1.54) is 12.1 Å². The molecule has 0 aliphatic carbocycles. The summed E-state index contributed by atoms with van der Waals surface area (Å²) in [4.78, 5) is 6.84. The van der Waals surface area contributed by atoms with Crippen molar-refractivity contribution in [3.05, 3.63) is 70.5 Å². The number of benzene rings is 2. The van der Waals surface area contributed by atoms with Crippen molar-refractivity contribution in [1.82, 2.24) is 4.98 Å². The van der Waals surface area contributed by atoms with Gasteiger partial charge in [-0.15, -0.1) is 0 Å². The van der Waals surface area contributed by atoms with Gasteiger partial charge in [0.1, 0.15) is 17.7 Å². The minimum absolute atomic E-state index is 0.240. The van der Waals surface area contributed by atoms with Gasteiger partial charge in [-0.3, -0.25) is 0 Å². The number of morpholine rings is 1. The van der Waals surface area contributed by atoms with Crippen LogP contribution in [0.25, 0.3) is 10.9 Å². The molecule has 0 N–H and O–H groups in total. The van der Waals surface area contributed by atoms with Crippen LogP contribution in [0, 0.1) is 17.1 Å². The third-order valence-electron chi connectivity index (χ3n) is 4.50. The van der Waals surface area contributed by atoms with E-state index in [9.17, 15) is 4.39 Å². The second kappa shape index (κ2) is 6.91. The Morgan fingerprint density at radius 1 is 1.19 bits per heavy atom. The van der Waals surface area contributed by atoms with Crippen molar-refractivity contribution in [2.75, 3.05) is 24.6 Å². The van der Waals surface area contributed by atoms with Crippen LogP contribution in [0.4, 0.5) is 10.2 Å². The first-order chi connectivity index (χ1) is 12.6. The second-order valence-electron chi connectivity index (χ2n) is 6.16. The average Bonchev–Trinajstić information content (AvgIpc) is 2.67. The molecule has 2 heterocycles. The standard InChI is InChI=1S/C20H15ClFN3O/c21-17-10-15(22)3-4-16(17)19-12-25(7-8-26-19)20-6-2-14-9-13(11-23)1-5-18(14)24-20/h1-6,9-10,19H,7-8,12H2. The molecule has 1 unspecified atom stereocenters. The SMILES string of the molecule is N#Cc1ccc2nc(N3CCOC(c4ccc(F)cc4Cl)C3)ccc2c1.